The molecule has 0 aromatic heterocycles. The molecular weight excluding hydrogens is 436 g/mol. The van der Waals surface area contributed by atoms with Gasteiger partial charge in [-0.3, -0.25) is 9.59 Å². The molecule has 1 aliphatic rings. The van der Waals surface area contributed by atoms with Crippen molar-refractivity contribution in [3.63, 3.8) is 0 Å². The topological polar surface area (TPSA) is 93.7 Å². The molecule has 0 radical (unpaired) electrons. The van der Waals surface area contributed by atoms with Gasteiger partial charge in [-0.25, -0.2) is 0 Å². The molecule has 1 saturated heterocycles. The number of aliphatic hydroxyl groups excluding tert-OH is 1. The van der Waals surface area contributed by atoms with Gasteiger partial charge in [0, 0.05) is 35.6 Å². The van der Waals surface area contributed by atoms with Crippen LogP contribution in [0, 0.1) is 11.3 Å². The third-order valence-corrected chi connectivity index (χ3v) is 6.41. The highest BCUT2D eigenvalue weighted by Crippen LogP contribution is 2.25. The molecule has 1 fully saturated rings. The van der Waals surface area contributed by atoms with Gasteiger partial charge in [0.15, 0.2) is 0 Å². The first-order chi connectivity index (χ1) is 15.6. The van der Waals surface area contributed by atoms with Gasteiger partial charge in [0.05, 0.1) is 17.9 Å². The van der Waals surface area contributed by atoms with Gasteiger partial charge in [0.25, 0.3) is 5.91 Å². The molecule has 0 spiro atoms. The van der Waals surface area contributed by atoms with Gasteiger partial charge in [0.1, 0.15) is 0 Å². The molecular formula is C25H40N4O3S. The number of amides is 2. The quantitative estimate of drug-likeness (QED) is 0.388. The van der Waals surface area contributed by atoms with Crippen LogP contribution in [0.1, 0.15) is 50.9 Å². The van der Waals surface area contributed by atoms with Gasteiger partial charge in [-0.1, -0.05) is 33.8 Å². The Hall–Kier alpha value is -2.03. The number of likely N-dealkylation sites (tertiary alicyclic amines) is 1. The summed E-state index contributed by atoms with van der Waals surface area (Å²) in [4.78, 5) is 28.8. The lowest BCUT2D eigenvalue weighted by molar-refractivity contribution is -0.123. The fourth-order valence-electron chi connectivity index (χ4n) is 3.53. The molecule has 2 amide bonds. The lowest BCUT2D eigenvalue weighted by Crippen LogP contribution is -2.34. The van der Waals surface area contributed by atoms with E-state index in [4.69, 9.17) is 0 Å². The Balaban J connectivity index is 2.11. The molecule has 1 heterocycles. The molecule has 2 rings (SSSR count). The highest BCUT2D eigenvalue weighted by Gasteiger charge is 2.23. The van der Waals surface area contributed by atoms with Gasteiger partial charge in [-0.15, -0.1) is 11.8 Å². The first kappa shape index (κ1) is 27.2. The second-order valence-corrected chi connectivity index (χ2v) is 10.6. The Morgan fingerprint density at radius 1 is 1.24 bits per heavy atom. The normalized spacial score (nSPS) is 15.9. The summed E-state index contributed by atoms with van der Waals surface area (Å²) < 4.78 is 0. The number of aliphatic hydroxyl groups is 1. The Morgan fingerprint density at radius 2 is 1.94 bits per heavy atom. The third kappa shape index (κ3) is 9.02. The predicted molar refractivity (Wildman–Crippen MR) is 139 cm³/mol. The Labute approximate surface area is 202 Å². The van der Waals surface area contributed by atoms with Gasteiger partial charge >= 0.3 is 0 Å². The molecule has 0 bridgehead atoms. The summed E-state index contributed by atoms with van der Waals surface area (Å²) in [5, 5.41) is 18.7. The SMILES string of the molecule is CSC(=CC(C)CNc1ccc(C(=O)NCCN2CCCC2)c(NC(=O)C(C)(C)C)c1)CO. The number of carbonyl (C=O) groups excluding carboxylic acids is 2. The van der Waals surface area contributed by atoms with Crippen LogP contribution in [-0.2, 0) is 4.79 Å². The number of anilines is 2. The molecule has 0 saturated carbocycles. The van der Waals surface area contributed by atoms with Crippen molar-refractivity contribution in [2.45, 2.75) is 40.5 Å². The number of nitrogens with one attached hydrogen (secondary N) is 3. The van der Waals surface area contributed by atoms with Crippen LogP contribution in [0.5, 0.6) is 0 Å². The number of carbonyl (C=O) groups is 2. The molecule has 1 aromatic rings. The highest BCUT2D eigenvalue weighted by molar-refractivity contribution is 8.02. The van der Waals surface area contributed by atoms with E-state index in [9.17, 15) is 14.7 Å². The van der Waals surface area contributed by atoms with Crippen LogP contribution in [0.15, 0.2) is 29.2 Å². The van der Waals surface area contributed by atoms with Crippen LogP contribution in [0.3, 0.4) is 0 Å². The van der Waals surface area contributed by atoms with E-state index in [1.54, 1.807) is 6.07 Å². The number of rotatable bonds is 11. The minimum absolute atomic E-state index is 0.0378. The van der Waals surface area contributed by atoms with Crippen LogP contribution in [0.4, 0.5) is 11.4 Å². The average molecular weight is 477 g/mol. The maximum Gasteiger partial charge on any atom is 0.253 e. The van der Waals surface area contributed by atoms with E-state index in [0.717, 1.165) is 30.2 Å². The van der Waals surface area contributed by atoms with Crippen LogP contribution >= 0.6 is 11.8 Å². The molecule has 184 valence electrons. The number of nitrogens with zero attached hydrogens (tertiary/aromatic N) is 1. The van der Waals surface area contributed by atoms with E-state index < -0.39 is 5.41 Å². The van der Waals surface area contributed by atoms with Crippen molar-refractivity contribution >= 4 is 35.0 Å². The number of thioether (sulfide) groups is 1. The number of hydrogen-bond acceptors (Lipinski definition) is 6. The molecule has 8 heteroatoms. The first-order valence-electron chi connectivity index (χ1n) is 11.7. The Morgan fingerprint density at radius 3 is 2.55 bits per heavy atom. The number of benzene rings is 1. The van der Waals surface area contributed by atoms with Gasteiger partial charge in [0.2, 0.25) is 5.91 Å². The van der Waals surface area contributed by atoms with E-state index in [0.29, 0.717) is 24.3 Å². The van der Waals surface area contributed by atoms with Gasteiger partial charge in [-0.2, -0.15) is 0 Å². The molecule has 1 aliphatic heterocycles. The molecule has 4 N–H and O–H groups in total. The van der Waals surface area contributed by atoms with Crippen molar-refractivity contribution in [1.82, 2.24) is 10.2 Å². The predicted octanol–water partition coefficient (Wildman–Crippen LogP) is 3.78. The monoisotopic (exact) mass is 476 g/mol. The molecule has 1 atom stereocenters. The molecule has 0 aliphatic carbocycles. The van der Waals surface area contributed by atoms with Crippen molar-refractivity contribution in [3.05, 3.63) is 34.7 Å². The van der Waals surface area contributed by atoms with Crippen LogP contribution < -0.4 is 16.0 Å². The van der Waals surface area contributed by atoms with Gasteiger partial charge in [-0.05, 0) is 56.3 Å². The van der Waals surface area contributed by atoms with Crippen LogP contribution in [0.2, 0.25) is 0 Å². The zero-order chi connectivity index (χ0) is 24.4. The fraction of sp³-hybridized carbons (Fsp3) is 0.600. The summed E-state index contributed by atoms with van der Waals surface area (Å²) >= 11 is 1.54. The van der Waals surface area contributed by atoms with E-state index in [2.05, 4.69) is 27.8 Å². The third-order valence-electron chi connectivity index (χ3n) is 5.62. The standard InChI is InChI=1S/C25H40N4O3S/c1-18(14-20(17-30)33-5)16-27-19-8-9-21(22(15-19)28-24(32)25(2,3)4)23(31)26-10-13-29-11-6-7-12-29/h8-9,14-15,18,27,30H,6-7,10-13,16-17H2,1-5H3,(H,26,31)(H,28,32). The zero-order valence-electron chi connectivity index (χ0n) is 20.7. The zero-order valence-corrected chi connectivity index (χ0v) is 21.5. The van der Waals surface area contributed by atoms with Crippen molar-refractivity contribution in [2.75, 3.05) is 56.2 Å². The second-order valence-electron chi connectivity index (χ2n) is 9.62. The molecule has 33 heavy (non-hydrogen) atoms. The summed E-state index contributed by atoms with van der Waals surface area (Å²) in [5.41, 5.74) is 1.20. The second kappa shape index (κ2) is 13.0. The van der Waals surface area contributed by atoms with Crippen LogP contribution in [-0.4, -0.2) is 67.4 Å². The van der Waals surface area contributed by atoms with Gasteiger partial charge < -0.3 is 26.0 Å². The maximum absolute atomic E-state index is 12.9. The van der Waals surface area contributed by atoms with E-state index in [1.807, 2.05) is 45.2 Å². The first-order valence-corrected chi connectivity index (χ1v) is 12.9. The number of hydrogen-bond donors (Lipinski definition) is 4. The minimum atomic E-state index is -0.579. The Kier molecular flexibility index (Phi) is 10.7. The van der Waals surface area contributed by atoms with E-state index in [-0.39, 0.29) is 24.3 Å². The molecule has 7 nitrogen and oxygen atoms in total. The van der Waals surface area contributed by atoms with Crippen molar-refractivity contribution in [2.24, 2.45) is 11.3 Å². The summed E-state index contributed by atoms with van der Waals surface area (Å²) in [5.74, 6) is -0.121. The largest absolute Gasteiger partial charge is 0.391 e. The summed E-state index contributed by atoms with van der Waals surface area (Å²) in [6.07, 6.45) is 6.43. The van der Waals surface area contributed by atoms with Crippen LogP contribution in [0.25, 0.3) is 0 Å². The van der Waals surface area contributed by atoms with E-state index >= 15 is 0 Å². The van der Waals surface area contributed by atoms with Crippen molar-refractivity contribution < 1.29 is 14.7 Å². The van der Waals surface area contributed by atoms with E-state index in [1.165, 1.54) is 24.6 Å². The Bertz CT molecular complexity index is 823. The molecule has 1 aromatic carbocycles. The van der Waals surface area contributed by atoms with Crippen molar-refractivity contribution in [1.29, 1.82) is 0 Å². The van der Waals surface area contributed by atoms with Crippen molar-refractivity contribution in [3.8, 4) is 0 Å². The summed E-state index contributed by atoms with van der Waals surface area (Å²) in [7, 11) is 0. The lowest BCUT2D eigenvalue weighted by atomic mass is 9.95. The minimum Gasteiger partial charge on any atom is -0.391 e. The fourth-order valence-corrected chi connectivity index (χ4v) is 4.03. The smallest absolute Gasteiger partial charge is 0.253 e. The lowest BCUT2D eigenvalue weighted by Gasteiger charge is -2.21. The maximum atomic E-state index is 12.9. The summed E-state index contributed by atoms with van der Waals surface area (Å²) in [6.45, 7) is 11.9. The highest BCUT2D eigenvalue weighted by atomic mass is 32.2. The summed E-state index contributed by atoms with van der Waals surface area (Å²) in [6, 6.07) is 5.43. The average Bonchev–Trinajstić information content (AvgIpc) is 3.29. The molecule has 1 unspecified atom stereocenters.